The van der Waals surface area contributed by atoms with E-state index in [1.54, 1.807) is 0 Å². The molecule has 1 aliphatic carbocycles. The van der Waals surface area contributed by atoms with Gasteiger partial charge in [-0.1, -0.05) is 176 Å². The van der Waals surface area contributed by atoms with Gasteiger partial charge in [-0.05, 0) is 149 Å². The summed E-state index contributed by atoms with van der Waals surface area (Å²) in [4.78, 5) is 2.41. The van der Waals surface area contributed by atoms with Gasteiger partial charge in [0.15, 0.2) is 0 Å². The fourth-order valence-corrected chi connectivity index (χ4v) is 9.38. The molecule has 0 amide bonds. The molecule has 278 valence electrons. The molecule has 0 aliphatic heterocycles. The van der Waals surface area contributed by atoms with Crippen molar-refractivity contribution >= 4 is 60.0 Å². The molecule has 0 saturated carbocycles. The van der Waals surface area contributed by atoms with Gasteiger partial charge in [-0.15, -0.1) is 0 Å². The van der Waals surface area contributed by atoms with E-state index in [9.17, 15) is 0 Å². The fraction of sp³-hybridized carbons (Fsp3) is 0.0345. The normalized spacial score (nSPS) is 12.8. The van der Waals surface area contributed by atoms with Crippen molar-refractivity contribution in [3.63, 3.8) is 0 Å². The molecule has 1 heteroatoms. The van der Waals surface area contributed by atoms with Gasteiger partial charge < -0.3 is 4.90 Å². The fourth-order valence-electron chi connectivity index (χ4n) is 9.38. The maximum absolute atomic E-state index is 2.50. The smallest absolute Gasteiger partial charge is 0.0458 e. The topological polar surface area (TPSA) is 3.24 Å². The number of fused-ring (bicyclic) bond motifs is 7. The summed E-state index contributed by atoms with van der Waals surface area (Å²) in [7, 11) is 0. The van der Waals surface area contributed by atoms with E-state index in [1.165, 1.54) is 105 Å². The molecule has 0 N–H and O–H groups in total. The predicted octanol–water partition coefficient (Wildman–Crippen LogP) is 16.2. The first-order valence-electron chi connectivity index (χ1n) is 20.6. The second kappa shape index (κ2) is 14.8. The number of nitrogens with zero attached hydrogens (tertiary/aromatic N) is 1. The average molecular weight is 752 g/mol. The van der Waals surface area contributed by atoms with E-state index < -0.39 is 0 Å². The molecule has 0 heterocycles. The largest absolute Gasteiger partial charge is 0.314 e. The summed E-state index contributed by atoms with van der Waals surface area (Å²) in [6.07, 6.45) is 6.59. The first-order valence-corrected chi connectivity index (χ1v) is 20.6. The minimum Gasteiger partial charge on any atom is -0.314 e. The summed E-state index contributed by atoms with van der Waals surface area (Å²) >= 11 is 0. The molecule has 0 unspecified atom stereocenters. The Balaban J connectivity index is 1.21. The van der Waals surface area contributed by atoms with Gasteiger partial charge in [0.05, 0.1) is 0 Å². The minimum absolute atomic E-state index is 0.916. The second-order valence-corrected chi connectivity index (χ2v) is 15.6. The quantitative estimate of drug-likeness (QED) is 0.147. The highest BCUT2D eigenvalue weighted by Crippen LogP contribution is 2.49. The van der Waals surface area contributed by atoms with Gasteiger partial charge >= 0.3 is 0 Å². The molecule has 0 bridgehead atoms. The molecule has 59 heavy (non-hydrogen) atoms. The Kier molecular flexibility index (Phi) is 8.71. The predicted molar refractivity (Wildman–Crippen MR) is 253 cm³/mol. The van der Waals surface area contributed by atoms with Crippen LogP contribution in [0.25, 0.3) is 82.0 Å². The third-order valence-electron chi connectivity index (χ3n) is 12.1. The van der Waals surface area contributed by atoms with Crippen LogP contribution < -0.4 is 4.90 Å². The summed E-state index contributed by atoms with van der Waals surface area (Å²) in [5, 5.41) is 10.2. The number of benzene rings is 10. The summed E-state index contributed by atoms with van der Waals surface area (Å²) in [5.41, 5.74) is 13.7. The zero-order valence-corrected chi connectivity index (χ0v) is 32.7. The van der Waals surface area contributed by atoms with Crippen molar-refractivity contribution in [3.05, 3.63) is 236 Å². The highest BCUT2D eigenvalue weighted by atomic mass is 15.1. The number of hydrogen-bond donors (Lipinski definition) is 0. The standard InChI is InChI=1S/C58H41N/c1-5-18-41(19-6-1)53-39-54(42-31-34-49(35-32-42)59(47-23-9-3-10-24-47)48-25-11-4-12-26-48)57-51-28-16-15-27-50(51)55-38-46(45-30-29-40-17-13-14-22-44(40)37-45)33-36-52(55)58(57)56(53)43-20-7-2-8-21-43/h1-31,33-34,36-39H,32,35H2. The van der Waals surface area contributed by atoms with Gasteiger partial charge in [-0.3, -0.25) is 0 Å². The van der Waals surface area contributed by atoms with Crippen molar-refractivity contribution in [2.45, 2.75) is 12.8 Å². The highest BCUT2D eigenvalue weighted by Gasteiger charge is 2.24. The van der Waals surface area contributed by atoms with Crippen LogP contribution in [0.1, 0.15) is 18.4 Å². The van der Waals surface area contributed by atoms with Gasteiger partial charge in [-0.25, -0.2) is 0 Å². The lowest BCUT2D eigenvalue weighted by Gasteiger charge is -2.30. The lowest BCUT2D eigenvalue weighted by Crippen LogP contribution is -2.17. The molecule has 10 aromatic rings. The number of rotatable bonds is 7. The van der Waals surface area contributed by atoms with Crippen molar-refractivity contribution in [1.82, 2.24) is 0 Å². The Morgan fingerprint density at radius 3 is 1.56 bits per heavy atom. The van der Waals surface area contributed by atoms with Gasteiger partial charge in [0.2, 0.25) is 0 Å². The van der Waals surface area contributed by atoms with E-state index in [1.807, 2.05) is 0 Å². The Labute approximate surface area is 345 Å². The summed E-state index contributed by atoms with van der Waals surface area (Å²) in [6, 6.07) is 77.7. The van der Waals surface area contributed by atoms with E-state index in [2.05, 4.69) is 229 Å². The van der Waals surface area contributed by atoms with Crippen LogP contribution in [0.4, 0.5) is 11.4 Å². The third-order valence-corrected chi connectivity index (χ3v) is 12.1. The van der Waals surface area contributed by atoms with E-state index in [0.29, 0.717) is 0 Å². The van der Waals surface area contributed by atoms with Gasteiger partial charge in [0.1, 0.15) is 0 Å². The molecule has 10 aromatic carbocycles. The number of anilines is 2. The molecule has 1 aliphatic rings. The molecule has 0 atom stereocenters. The van der Waals surface area contributed by atoms with Gasteiger partial charge in [0.25, 0.3) is 0 Å². The number of hydrogen-bond acceptors (Lipinski definition) is 1. The van der Waals surface area contributed by atoms with Gasteiger partial charge in [0, 0.05) is 17.1 Å². The molecule has 11 rings (SSSR count). The van der Waals surface area contributed by atoms with E-state index >= 15 is 0 Å². The van der Waals surface area contributed by atoms with Crippen LogP contribution in [0.3, 0.4) is 0 Å². The monoisotopic (exact) mass is 751 g/mol. The molecule has 0 spiro atoms. The summed E-state index contributed by atoms with van der Waals surface area (Å²) < 4.78 is 0. The van der Waals surface area contributed by atoms with E-state index in [-0.39, 0.29) is 0 Å². The van der Waals surface area contributed by atoms with Crippen LogP contribution in [-0.2, 0) is 0 Å². The Hall–Kier alpha value is -7.48. The molecule has 1 nitrogen and oxygen atoms in total. The first-order chi connectivity index (χ1) is 29.3. The van der Waals surface area contributed by atoms with E-state index in [4.69, 9.17) is 0 Å². The molecule has 0 saturated heterocycles. The van der Waals surface area contributed by atoms with Crippen molar-refractivity contribution in [2.75, 3.05) is 4.90 Å². The number of allylic oxidation sites excluding steroid dienone is 4. The molecule has 0 fully saturated rings. The SMILES string of the molecule is C1=C(c2cc(-c3ccccc3)c(-c3ccccc3)c3c4ccc(-c5ccc6ccccc6c5)cc4c4ccccc4c23)CCC(N(c2ccccc2)c2ccccc2)=C1. The van der Waals surface area contributed by atoms with Gasteiger partial charge in [-0.2, -0.15) is 0 Å². The summed E-state index contributed by atoms with van der Waals surface area (Å²) in [6.45, 7) is 0. The Morgan fingerprint density at radius 2 is 0.881 bits per heavy atom. The third kappa shape index (κ3) is 6.20. The lowest BCUT2D eigenvalue weighted by molar-refractivity contribution is 0.931. The Morgan fingerprint density at radius 1 is 0.322 bits per heavy atom. The van der Waals surface area contributed by atoms with Crippen LogP contribution in [0.5, 0.6) is 0 Å². The zero-order chi connectivity index (χ0) is 39.1. The molecule has 0 aromatic heterocycles. The molecular weight excluding hydrogens is 711 g/mol. The molecular formula is C58H41N. The first kappa shape index (κ1) is 34.7. The average Bonchev–Trinajstić information content (AvgIpc) is 3.32. The second-order valence-electron chi connectivity index (χ2n) is 15.6. The van der Waals surface area contributed by atoms with Crippen LogP contribution in [-0.4, -0.2) is 0 Å². The Bertz CT molecular complexity index is 3190. The maximum Gasteiger partial charge on any atom is 0.0458 e. The molecule has 0 radical (unpaired) electrons. The van der Waals surface area contributed by atoms with E-state index in [0.717, 1.165) is 12.8 Å². The highest BCUT2D eigenvalue weighted by molar-refractivity contribution is 6.32. The van der Waals surface area contributed by atoms with Crippen LogP contribution in [0.15, 0.2) is 230 Å². The maximum atomic E-state index is 2.50. The minimum atomic E-state index is 0.916. The van der Waals surface area contributed by atoms with Crippen molar-refractivity contribution in [3.8, 4) is 33.4 Å². The van der Waals surface area contributed by atoms with Crippen LogP contribution in [0.2, 0.25) is 0 Å². The van der Waals surface area contributed by atoms with Crippen LogP contribution in [0, 0.1) is 0 Å². The number of para-hydroxylation sites is 2. The van der Waals surface area contributed by atoms with Crippen molar-refractivity contribution in [1.29, 1.82) is 0 Å². The lowest BCUT2D eigenvalue weighted by atomic mass is 9.80. The van der Waals surface area contributed by atoms with Crippen LogP contribution >= 0.6 is 0 Å². The van der Waals surface area contributed by atoms with Crippen molar-refractivity contribution < 1.29 is 0 Å². The zero-order valence-electron chi connectivity index (χ0n) is 32.7. The van der Waals surface area contributed by atoms with Crippen molar-refractivity contribution in [2.24, 2.45) is 0 Å². The summed E-state index contributed by atoms with van der Waals surface area (Å²) in [5.74, 6) is 0.